The fourth-order valence-corrected chi connectivity index (χ4v) is 3.29. The summed E-state index contributed by atoms with van der Waals surface area (Å²) < 4.78 is 23.0. The molecule has 1 rings (SSSR count). The standard InChI is InChI=1S/C10H22N2O2S/c1-3-7-15(13,14)8-6-12(2)10-4-5-11-9-10/h10-11H,3-9H2,1-2H3. The molecule has 0 radical (unpaired) electrons. The van der Waals surface area contributed by atoms with Gasteiger partial charge in [0.25, 0.3) is 0 Å². The summed E-state index contributed by atoms with van der Waals surface area (Å²) in [5.41, 5.74) is 0. The smallest absolute Gasteiger partial charge is 0.151 e. The van der Waals surface area contributed by atoms with Crippen LogP contribution in [0.5, 0.6) is 0 Å². The van der Waals surface area contributed by atoms with Gasteiger partial charge in [-0.1, -0.05) is 6.92 Å². The van der Waals surface area contributed by atoms with Crippen LogP contribution in [-0.2, 0) is 9.84 Å². The number of likely N-dealkylation sites (N-methyl/N-ethyl adjacent to an activating group) is 1. The van der Waals surface area contributed by atoms with Crippen LogP contribution in [0.25, 0.3) is 0 Å². The van der Waals surface area contributed by atoms with Crippen LogP contribution >= 0.6 is 0 Å². The molecule has 0 aliphatic carbocycles. The summed E-state index contributed by atoms with van der Waals surface area (Å²) in [6.45, 7) is 4.61. The number of nitrogens with zero attached hydrogens (tertiary/aromatic N) is 1. The maximum absolute atomic E-state index is 11.5. The van der Waals surface area contributed by atoms with Crippen molar-refractivity contribution in [1.29, 1.82) is 0 Å². The maximum Gasteiger partial charge on any atom is 0.151 e. The third kappa shape index (κ3) is 4.49. The van der Waals surface area contributed by atoms with Gasteiger partial charge in [-0.05, 0) is 26.4 Å². The molecular formula is C10H22N2O2S. The van der Waals surface area contributed by atoms with Crippen LogP contribution in [0.15, 0.2) is 0 Å². The van der Waals surface area contributed by atoms with Crippen LogP contribution in [0.3, 0.4) is 0 Å². The second-order valence-corrected chi connectivity index (χ2v) is 6.58. The minimum absolute atomic E-state index is 0.299. The normalized spacial score (nSPS) is 22.5. The predicted octanol–water partition coefficient (Wildman–Crippen LogP) is 0.105. The molecule has 0 aromatic carbocycles. The van der Waals surface area contributed by atoms with E-state index in [1.165, 1.54) is 0 Å². The highest BCUT2D eigenvalue weighted by atomic mass is 32.2. The van der Waals surface area contributed by atoms with Crippen molar-refractivity contribution in [3.8, 4) is 0 Å². The molecule has 4 nitrogen and oxygen atoms in total. The van der Waals surface area contributed by atoms with Gasteiger partial charge >= 0.3 is 0 Å². The second-order valence-electron chi connectivity index (χ2n) is 4.28. The van der Waals surface area contributed by atoms with Gasteiger partial charge in [0.2, 0.25) is 0 Å². The molecule has 1 atom stereocenters. The van der Waals surface area contributed by atoms with Crippen LogP contribution in [0, 0.1) is 0 Å². The molecular weight excluding hydrogens is 212 g/mol. The molecule has 0 aromatic rings. The second kappa shape index (κ2) is 5.82. The van der Waals surface area contributed by atoms with Gasteiger partial charge in [-0.15, -0.1) is 0 Å². The molecule has 5 heteroatoms. The van der Waals surface area contributed by atoms with E-state index in [0.29, 0.717) is 24.1 Å². The van der Waals surface area contributed by atoms with Gasteiger partial charge in [0.05, 0.1) is 5.75 Å². The van der Waals surface area contributed by atoms with Crippen molar-refractivity contribution < 1.29 is 8.42 Å². The Morgan fingerprint density at radius 3 is 2.67 bits per heavy atom. The van der Waals surface area contributed by atoms with Gasteiger partial charge in [-0.2, -0.15) is 0 Å². The minimum Gasteiger partial charge on any atom is -0.315 e. The number of sulfone groups is 1. The van der Waals surface area contributed by atoms with E-state index in [1.54, 1.807) is 0 Å². The molecule has 1 N–H and O–H groups in total. The van der Waals surface area contributed by atoms with E-state index in [4.69, 9.17) is 0 Å². The van der Waals surface area contributed by atoms with Crippen LogP contribution in [-0.4, -0.2) is 57.5 Å². The largest absolute Gasteiger partial charge is 0.315 e. The van der Waals surface area contributed by atoms with E-state index in [1.807, 2.05) is 14.0 Å². The summed E-state index contributed by atoms with van der Waals surface area (Å²) in [7, 11) is -0.805. The Kier molecular flexibility index (Phi) is 5.02. The lowest BCUT2D eigenvalue weighted by molar-refractivity contribution is 0.271. The number of nitrogens with one attached hydrogen (secondary N) is 1. The van der Waals surface area contributed by atoms with Crippen molar-refractivity contribution in [3.63, 3.8) is 0 Å². The lowest BCUT2D eigenvalue weighted by Crippen LogP contribution is -2.37. The minimum atomic E-state index is -2.82. The van der Waals surface area contributed by atoms with Gasteiger partial charge in [0, 0.05) is 24.9 Å². The van der Waals surface area contributed by atoms with Crippen LogP contribution in [0.2, 0.25) is 0 Å². The zero-order valence-corrected chi connectivity index (χ0v) is 10.5. The lowest BCUT2D eigenvalue weighted by Gasteiger charge is -2.23. The molecule has 1 unspecified atom stereocenters. The van der Waals surface area contributed by atoms with Crippen LogP contribution < -0.4 is 5.32 Å². The highest BCUT2D eigenvalue weighted by molar-refractivity contribution is 7.91. The van der Waals surface area contributed by atoms with Crippen molar-refractivity contribution >= 4 is 9.84 Å². The molecule has 1 aliphatic heterocycles. The lowest BCUT2D eigenvalue weighted by atomic mass is 10.2. The van der Waals surface area contributed by atoms with Gasteiger partial charge < -0.3 is 10.2 Å². The Morgan fingerprint density at radius 2 is 2.13 bits per heavy atom. The summed E-state index contributed by atoms with van der Waals surface area (Å²) in [5.74, 6) is 0.623. The molecule has 1 aliphatic rings. The molecule has 0 spiro atoms. The highest BCUT2D eigenvalue weighted by Gasteiger charge is 2.20. The van der Waals surface area contributed by atoms with E-state index in [-0.39, 0.29) is 0 Å². The fourth-order valence-electron chi connectivity index (χ4n) is 1.89. The first-order chi connectivity index (χ1) is 7.05. The topological polar surface area (TPSA) is 49.4 Å². The van der Waals surface area contributed by atoms with E-state index in [9.17, 15) is 8.42 Å². The predicted molar refractivity (Wildman–Crippen MR) is 62.8 cm³/mol. The van der Waals surface area contributed by atoms with Gasteiger partial charge in [-0.3, -0.25) is 0 Å². The third-order valence-electron chi connectivity index (χ3n) is 2.93. The third-order valence-corrected chi connectivity index (χ3v) is 4.76. The first-order valence-electron chi connectivity index (χ1n) is 5.66. The number of hydrogen-bond acceptors (Lipinski definition) is 4. The fraction of sp³-hybridized carbons (Fsp3) is 1.00. The van der Waals surface area contributed by atoms with E-state index >= 15 is 0 Å². The summed E-state index contributed by atoms with van der Waals surface area (Å²) in [5, 5.41) is 3.28. The molecule has 1 fully saturated rings. The quantitative estimate of drug-likeness (QED) is 0.708. The molecule has 90 valence electrons. The SMILES string of the molecule is CCCS(=O)(=O)CCN(C)C1CCNC1. The van der Waals surface area contributed by atoms with Gasteiger partial charge in [-0.25, -0.2) is 8.42 Å². The average molecular weight is 234 g/mol. The molecule has 1 saturated heterocycles. The van der Waals surface area contributed by atoms with Gasteiger partial charge in [0.15, 0.2) is 9.84 Å². The molecule has 0 amide bonds. The highest BCUT2D eigenvalue weighted by Crippen LogP contribution is 2.06. The first-order valence-corrected chi connectivity index (χ1v) is 7.48. The molecule has 0 bridgehead atoms. The van der Waals surface area contributed by atoms with Crippen molar-refractivity contribution in [2.75, 3.05) is 38.2 Å². The average Bonchev–Trinajstić information content (AvgIpc) is 2.67. The molecule has 0 aromatic heterocycles. The summed E-state index contributed by atoms with van der Waals surface area (Å²) in [4.78, 5) is 2.16. The Morgan fingerprint density at radius 1 is 1.40 bits per heavy atom. The van der Waals surface area contributed by atoms with E-state index in [0.717, 1.165) is 25.9 Å². The van der Waals surface area contributed by atoms with Crippen LogP contribution in [0.4, 0.5) is 0 Å². The Balaban J connectivity index is 2.29. The monoisotopic (exact) mass is 234 g/mol. The van der Waals surface area contributed by atoms with Crippen molar-refractivity contribution in [2.24, 2.45) is 0 Å². The summed E-state index contributed by atoms with van der Waals surface area (Å²) in [6.07, 6.45) is 1.85. The van der Waals surface area contributed by atoms with Crippen molar-refractivity contribution in [1.82, 2.24) is 10.2 Å². The Bertz CT molecular complexity index is 271. The zero-order valence-electron chi connectivity index (χ0n) is 9.70. The van der Waals surface area contributed by atoms with Gasteiger partial charge in [0.1, 0.15) is 0 Å². The summed E-state index contributed by atoms with van der Waals surface area (Å²) in [6, 6.07) is 0.516. The Hall–Kier alpha value is -0.130. The number of hydrogen-bond donors (Lipinski definition) is 1. The zero-order chi connectivity index (χ0) is 11.3. The maximum atomic E-state index is 11.5. The van der Waals surface area contributed by atoms with Crippen molar-refractivity contribution in [2.45, 2.75) is 25.8 Å². The van der Waals surface area contributed by atoms with E-state index in [2.05, 4.69) is 10.2 Å². The van der Waals surface area contributed by atoms with Crippen molar-refractivity contribution in [3.05, 3.63) is 0 Å². The van der Waals surface area contributed by atoms with Crippen LogP contribution in [0.1, 0.15) is 19.8 Å². The molecule has 0 saturated carbocycles. The Labute approximate surface area is 93.0 Å². The number of rotatable bonds is 6. The first kappa shape index (κ1) is 12.9. The molecule has 15 heavy (non-hydrogen) atoms. The molecule has 1 heterocycles. The van der Waals surface area contributed by atoms with E-state index < -0.39 is 9.84 Å². The summed E-state index contributed by atoms with van der Waals surface area (Å²) >= 11 is 0.